The van der Waals surface area contributed by atoms with Crippen LogP contribution in [0.15, 0.2) is 0 Å². The van der Waals surface area contributed by atoms with Gasteiger partial charge in [-0.15, -0.1) is 12.4 Å². The number of methoxy groups -OCH3 is 1. The van der Waals surface area contributed by atoms with Gasteiger partial charge in [0, 0.05) is 26.7 Å². The monoisotopic (exact) mass is 278 g/mol. The summed E-state index contributed by atoms with van der Waals surface area (Å²) in [5.41, 5.74) is 0. The molecule has 1 aliphatic heterocycles. The normalized spacial score (nSPS) is 17.9. The largest absolute Gasteiger partial charge is 0.385 e. The van der Waals surface area contributed by atoms with Gasteiger partial charge in [-0.05, 0) is 44.2 Å². The lowest BCUT2D eigenvalue weighted by atomic mass is 9.84. The van der Waals surface area contributed by atoms with Gasteiger partial charge < -0.3 is 15.4 Å². The molecule has 2 N–H and O–H groups in total. The molecule has 0 saturated carbocycles. The second kappa shape index (κ2) is 10.6. The standard InChI is InChI=1S/C13H26N2O2.ClH/c1-11(12-4-7-14-8-5-12)10-13(16)15-6-3-9-17-2;/h11-12,14H,3-10H2,1-2H3,(H,15,16);1H. The number of hydrogen-bond donors (Lipinski definition) is 2. The third kappa shape index (κ3) is 7.19. The van der Waals surface area contributed by atoms with Gasteiger partial charge in [-0.3, -0.25) is 4.79 Å². The zero-order valence-electron chi connectivity index (χ0n) is 11.5. The van der Waals surface area contributed by atoms with Crippen LogP contribution in [0, 0.1) is 11.8 Å². The van der Waals surface area contributed by atoms with Crippen LogP contribution >= 0.6 is 12.4 Å². The Morgan fingerprint density at radius 3 is 2.72 bits per heavy atom. The molecular weight excluding hydrogens is 252 g/mol. The Balaban J connectivity index is 0.00000289. The van der Waals surface area contributed by atoms with Crippen molar-refractivity contribution in [3.63, 3.8) is 0 Å². The van der Waals surface area contributed by atoms with Crippen molar-refractivity contribution < 1.29 is 9.53 Å². The molecule has 0 aromatic rings. The third-order valence-corrected chi connectivity index (χ3v) is 3.54. The number of carbonyl (C=O) groups is 1. The van der Waals surface area contributed by atoms with Crippen LogP contribution in [-0.2, 0) is 9.53 Å². The molecule has 5 heteroatoms. The molecule has 1 amide bonds. The summed E-state index contributed by atoms with van der Waals surface area (Å²) < 4.78 is 4.94. The molecule has 1 atom stereocenters. The lowest BCUT2D eigenvalue weighted by Crippen LogP contribution is -2.33. The second-order valence-electron chi connectivity index (χ2n) is 4.97. The average molecular weight is 279 g/mol. The van der Waals surface area contributed by atoms with Gasteiger partial charge in [0.1, 0.15) is 0 Å². The Morgan fingerprint density at radius 2 is 2.11 bits per heavy atom. The second-order valence-corrected chi connectivity index (χ2v) is 4.97. The maximum atomic E-state index is 11.7. The number of halogens is 1. The minimum atomic E-state index is 0. The van der Waals surface area contributed by atoms with E-state index >= 15 is 0 Å². The highest BCUT2D eigenvalue weighted by Crippen LogP contribution is 2.23. The van der Waals surface area contributed by atoms with Gasteiger partial charge >= 0.3 is 0 Å². The van der Waals surface area contributed by atoms with E-state index in [2.05, 4.69) is 17.6 Å². The summed E-state index contributed by atoms with van der Waals surface area (Å²) in [4.78, 5) is 11.7. The minimum absolute atomic E-state index is 0. The summed E-state index contributed by atoms with van der Waals surface area (Å²) in [7, 11) is 1.68. The van der Waals surface area contributed by atoms with Crippen LogP contribution in [0.1, 0.15) is 32.6 Å². The van der Waals surface area contributed by atoms with E-state index < -0.39 is 0 Å². The highest BCUT2D eigenvalue weighted by molar-refractivity contribution is 5.85. The van der Waals surface area contributed by atoms with Crippen molar-refractivity contribution in [2.45, 2.75) is 32.6 Å². The molecule has 1 fully saturated rings. The third-order valence-electron chi connectivity index (χ3n) is 3.54. The molecule has 1 unspecified atom stereocenters. The lowest BCUT2D eigenvalue weighted by molar-refractivity contribution is -0.122. The first-order valence-electron chi connectivity index (χ1n) is 6.70. The Labute approximate surface area is 117 Å². The average Bonchev–Trinajstić information content (AvgIpc) is 2.36. The van der Waals surface area contributed by atoms with E-state index in [-0.39, 0.29) is 18.3 Å². The Hall–Kier alpha value is -0.320. The Kier molecular flexibility index (Phi) is 10.4. The van der Waals surface area contributed by atoms with E-state index in [9.17, 15) is 4.79 Å². The van der Waals surface area contributed by atoms with Gasteiger partial charge in [0.15, 0.2) is 0 Å². The molecule has 1 heterocycles. The van der Waals surface area contributed by atoms with Crippen LogP contribution in [0.4, 0.5) is 0 Å². The molecule has 0 aliphatic carbocycles. The van der Waals surface area contributed by atoms with Crippen LogP contribution in [-0.4, -0.2) is 39.3 Å². The van der Waals surface area contributed by atoms with Gasteiger partial charge in [-0.2, -0.15) is 0 Å². The van der Waals surface area contributed by atoms with E-state index in [1.54, 1.807) is 7.11 Å². The topological polar surface area (TPSA) is 50.4 Å². The van der Waals surface area contributed by atoms with Crippen LogP contribution in [0.2, 0.25) is 0 Å². The van der Waals surface area contributed by atoms with Crippen molar-refractivity contribution in [3.8, 4) is 0 Å². The molecule has 4 nitrogen and oxygen atoms in total. The molecule has 0 aromatic heterocycles. The maximum absolute atomic E-state index is 11.7. The number of hydrogen-bond acceptors (Lipinski definition) is 3. The number of carbonyl (C=O) groups excluding carboxylic acids is 1. The molecule has 18 heavy (non-hydrogen) atoms. The fourth-order valence-electron chi connectivity index (χ4n) is 2.39. The summed E-state index contributed by atoms with van der Waals surface area (Å²) in [5.74, 6) is 1.40. The van der Waals surface area contributed by atoms with Crippen molar-refractivity contribution in [2.24, 2.45) is 11.8 Å². The maximum Gasteiger partial charge on any atom is 0.220 e. The van der Waals surface area contributed by atoms with Crippen molar-refractivity contribution in [1.29, 1.82) is 0 Å². The van der Waals surface area contributed by atoms with E-state index in [0.29, 0.717) is 24.9 Å². The summed E-state index contributed by atoms with van der Waals surface area (Å²) in [6, 6.07) is 0. The van der Waals surface area contributed by atoms with Crippen molar-refractivity contribution in [2.75, 3.05) is 33.4 Å². The Bertz CT molecular complexity index is 221. The summed E-state index contributed by atoms with van der Waals surface area (Å²) >= 11 is 0. The molecule has 0 radical (unpaired) electrons. The molecule has 1 saturated heterocycles. The van der Waals surface area contributed by atoms with Crippen LogP contribution < -0.4 is 10.6 Å². The highest BCUT2D eigenvalue weighted by atomic mass is 35.5. The van der Waals surface area contributed by atoms with E-state index in [1.807, 2.05) is 0 Å². The number of nitrogens with one attached hydrogen (secondary N) is 2. The predicted molar refractivity (Wildman–Crippen MR) is 76.1 cm³/mol. The molecule has 1 rings (SSSR count). The summed E-state index contributed by atoms with van der Waals surface area (Å²) in [6.45, 7) is 5.84. The quantitative estimate of drug-likeness (QED) is 0.696. The van der Waals surface area contributed by atoms with E-state index in [4.69, 9.17) is 4.74 Å². The van der Waals surface area contributed by atoms with Gasteiger partial charge in [-0.25, -0.2) is 0 Å². The highest BCUT2D eigenvalue weighted by Gasteiger charge is 2.21. The molecule has 0 aromatic carbocycles. The zero-order valence-corrected chi connectivity index (χ0v) is 12.4. The van der Waals surface area contributed by atoms with Crippen molar-refractivity contribution in [1.82, 2.24) is 10.6 Å². The fourth-order valence-corrected chi connectivity index (χ4v) is 2.39. The number of ether oxygens (including phenoxy) is 1. The SMILES string of the molecule is COCCCNC(=O)CC(C)C1CCNCC1.Cl. The van der Waals surface area contributed by atoms with Gasteiger partial charge in [0.05, 0.1) is 0 Å². The predicted octanol–water partition coefficient (Wildman–Crippen LogP) is 1.59. The van der Waals surface area contributed by atoms with Gasteiger partial charge in [-0.1, -0.05) is 6.92 Å². The molecule has 108 valence electrons. The molecule has 0 bridgehead atoms. The van der Waals surface area contributed by atoms with E-state index in [0.717, 1.165) is 26.1 Å². The first-order chi connectivity index (χ1) is 8.24. The Morgan fingerprint density at radius 1 is 1.44 bits per heavy atom. The smallest absolute Gasteiger partial charge is 0.220 e. The van der Waals surface area contributed by atoms with Crippen LogP contribution in [0.25, 0.3) is 0 Å². The molecule has 0 spiro atoms. The summed E-state index contributed by atoms with van der Waals surface area (Å²) in [5, 5.41) is 6.31. The first-order valence-corrected chi connectivity index (χ1v) is 6.70. The number of piperidine rings is 1. The molecule has 1 aliphatic rings. The minimum Gasteiger partial charge on any atom is -0.385 e. The van der Waals surface area contributed by atoms with Crippen molar-refractivity contribution in [3.05, 3.63) is 0 Å². The molecular formula is C13H27ClN2O2. The fraction of sp³-hybridized carbons (Fsp3) is 0.923. The van der Waals surface area contributed by atoms with Gasteiger partial charge in [0.2, 0.25) is 5.91 Å². The lowest BCUT2D eigenvalue weighted by Gasteiger charge is -2.27. The van der Waals surface area contributed by atoms with Gasteiger partial charge in [0.25, 0.3) is 0 Å². The van der Waals surface area contributed by atoms with E-state index in [1.165, 1.54) is 12.8 Å². The zero-order chi connectivity index (χ0) is 12.5. The summed E-state index contributed by atoms with van der Waals surface area (Å²) in [6.07, 6.45) is 3.97. The number of amides is 1. The van der Waals surface area contributed by atoms with Crippen LogP contribution in [0.3, 0.4) is 0 Å². The van der Waals surface area contributed by atoms with Crippen molar-refractivity contribution >= 4 is 18.3 Å². The first kappa shape index (κ1) is 17.7. The number of rotatable bonds is 7. The van der Waals surface area contributed by atoms with Crippen LogP contribution in [0.5, 0.6) is 0 Å².